The van der Waals surface area contributed by atoms with Crippen molar-refractivity contribution in [3.8, 4) is 0 Å². The van der Waals surface area contributed by atoms with E-state index in [1.807, 2.05) is 0 Å². The SMILES string of the molecule is C[N+](C)(C)CC(F)(F)C(F)(F)C(F)(F)C(F)(F)C(F)(F)C(F)(F)C(F)(F)F. The van der Waals surface area contributed by atoms with E-state index in [9.17, 15) is 65.9 Å². The Kier molecular flexibility index (Phi) is 5.95. The molecule has 0 bridgehead atoms. The molecule has 0 unspecified atom stereocenters. The minimum absolute atomic E-state index is 0.659. The third-order valence-electron chi connectivity index (χ3n) is 3.07. The zero-order chi connectivity index (χ0) is 22.7. The zero-order valence-corrected chi connectivity index (χ0v) is 13.3. The maximum atomic E-state index is 13.4. The van der Waals surface area contributed by atoms with Crippen LogP contribution in [0.1, 0.15) is 0 Å². The predicted octanol–water partition coefficient (Wildman–Crippen LogP) is 5.07. The van der Waals surface area contributed by atoms with Gasteiger partial charge in [-0.05, 0) is 0 Å². The first-order chi connectivity index (χ1) is 11.2. The van der Waals surface area contributed by atoms with E-state index < -0.39 is 52.7 Å². The van der Waals surface area contributed by atoms with E-state index in [-0.39, 0.29) is 0 Å². The molecule has 0 heterocycles. The molecule has 0 radical (unpaired) electrons. The lowest BCUT2D eigenvalue weighted by atomic mass is 9.91. The third-order valence-corrected chi connectivity index (χ3v) is 3.07. The molecule has 164 valence electrons. The van der Waals surface area contributed by atoms with Crippen LogP contribution in [-0.2, 0) is 0 Å². The highest BCUT2D eigenvalue weighted by atomic mass is 19.4. The lowest BCUT2D eigenvalue weighted by Crippen LogP contribution is -2.73. The van der Waals surface area contributed by atoms with Gasteiger partial charge < -0.3 is 4.48 Å². The molecule has 16 heteroatoms. The van der Waals surface area contributed by atoms with E-state index in [1.165, 1.54) is 0 Å². The van der Waals surface area contributed by atoms with Gasteiger partial charge in [0.2, 0.25) is 0 Å². The normalized spacial score (nSPS) is 16.7. The number of hydrogen-bond acceptors (Lipinski definition) is 0. The Hall–Kier alpha value is -1.09. The van der Waals surface area contributed by atoms with Crippen LogP contribution in [0, 0.1) is 0 Å². The van der Waals surface area contributed by atoms with E-state index in [0.717, 1.165) is 0 Å². The van der Waals surface area contributed by atoms with Gasteiger partial charge in [0.15, 0.2) is 0 Å². The summed E-state index contributed by atoms with van der Waals surface area (Å²) in [7, 11) is 1.98. The molecule has 0 fully saturated rings. The van der Waals surface area contributed by atoms with E-state index in [1.54, 1.807) is 0 Å². The summed E-state index contributed by atoms with van der Waals surface area (Å²) in [5, 5.41) is 0. The molecule has 0 aromatic carbocycles. The molecular weight excluding hydrogens is 431 g/mol. The Morgan fingerprint density at radius 1 is 0.444 bits per heavy atom. The maximum absolute atomic E-state index is 13.4. The van der Waals surface area contributed by atoms with Crippen LogP contribution in [0.15, 0.2) is 0 Å². The minimum atomic E-state index is -8.23. The van der Waals surface area contributed by atoms with Crippen LogP contribution >= 0.6 is 0 Å². The average molecular weight is 442 g/mol. The summed E-state index contributed by atoms with van der Waals surface area (Å²) in [6, 6.07) is 0. The van der Waals surface area contributed by atoms with Gasteiger partial charge in [-0.1, -0.05) is 0 Å². The molecule has 0 rings (SSSR count). The molecule has 0 amide bonds. The van der Waals surface area contributed by atoms with Crippen LogP contribution in [0.3, 0.4) is 0 Å². The summed E-state index contributed by atoms with van der Waals surface area (Å²) < 4.78 is 192. The van der Waals surface area contributed by atoms with Gasteiger partial charge in [0, 0.05) is 0 Å². The zero-order valence-electron chi connectivity index (χ0n) is 13.3. The topological polar surface area (TPSA) is 0 Å². The number of rotatable bonds is 7. The van der Waals surface area contributed by atoms with Crippen molar-refractivity contribution in [3.63, 3.8) is 0 Å². The summed E-state index contributed by atoms with van der Waals surface area (Å²) in [5.41, 5.74) is 0. The Labute approximate surface area is 141 Å². The smallest absolute Gasteiger partial charge is 0.326 e. The monoisotopic (exact) mass is 442 g/mol. The number of hydrogen-bond donors (Lipinski definition) is 0. The highest BCUT2D eigenvalue weighted by molar-refractivity contribution is 5.13. The lowest BCUT2D eigenvalue weighted by Gasteiger charge is -2.42. The van der Waals surface area contributed by atoms with Crippen LogP contribution in [-0.4, -0.2) is 73.9 Å². The fraction of sp³-hybridized carbons (Fsp3) is 1.00. The molecule has 0 aliphatic heterocycles. The van der Waals surface area contributed by atoms with Crippen LogP contribution in [0.4, 0.5) is 65.9 Å². The lowest BCUT2D eigenvalue weighted by molar-refractivity contribution is -0.880. The van der Waals surface area contributed by atoms with Crippen molar-refractivity contribution in [3.05, 3.63) is 0 Å². The number of halogens is 15. The van der Waals surface area contributed by atoms with E-state index in [4.69, 9.17) is 0 Å². The molecule has 0 saturated heterocycles. The first-order valence-corrected chi connectivity index (χ1v) is 6.35. The Morgan fingerprint density at radius 2 is 0.704 bits per heavy atom. The second-order valence-electron chi connectivity index (χ2n) is 6.52. The van der Waals surface area contributed by atoms with E-state index in [2.05, 4.69) is 0 Å². The largest absolute Gasteiger partial charge is 0.460 e. The van der Waals surface area contributed by atoms with Gasteiger partial charge in [-0.15, -0.1) is 0 Å². The van der Waals surface area contributed by atoms with Gasteiger partial charge in [0.05, 0.1) is 21.1 Å². The summed E-state index contributed by atoms with van der Waals surface area (Å²) in [6.45, 7) is -2.38. The second kappa shape index (κ2) is 6.20. The van der Waals surface area contributed by atoms with Gasteiger partial charge in [-0.2, -0.15) is 65.9 Å². The number of nitrogens with zero attached hydrogens (tertiary/aromatic N) is 1. The van der Waals surface area contributed by atoms with Gasteiger partial charge in [0.1, 0.15) is 6.54 Å². The van der Waals surface area contributed by atoms with Crippen LogP contribution < -0.4 is 0 Å². The molecule has 1 nitrogen and oxygen atoms in total. The highest BCUT2D eigenvalue weighted by Crippen LogP contribution is 2.62. The molecular formula is C11H11F15N+. The van der Waals surface area contributed by atoms with Crippen molar-refractivity contribution < 1.29 is 70.3 Å². The molecule has 0 spiro atoms. The Morgan fingerprint density at radius 3 is 0.963 bits per heavy atom. The minimum Gasteiger partial charge on any atom is -0.326 e. The Bertz CT molecular complexity index is 539. The first-order valence-electron chi connectivity index (χ1n) is 6.35. The molecule has 0 saturated carbocycles. The summed E-state index contributed by atoms with van der Waals surface area (Å²) in [5.74, 6) is -46.0. The summed E-state index contributed by atoms with van der Waals surface area (Å²) in [6.07, 6.45) is -7.59. The maximum Gasteiger partial charge on any atom is 0.460 e. The first kappa shape index (κ1) is 25.9. The third kappa shape index (κ3) is 3.77. The number of quaternary nitrogens is 1. The summed E-state index contributed by atoms with van der Waals surface area (Å²) in [4.78, 5) is 0. The van der Waals surface area contributed by atoms with Crippen LogP contribution in [0.25, 0.3) is 0 Å². The van der Waals surface area contributed by atoms with Crippen LogP contribution in [0.2, 0.25) is 0 Å². The van der Waals surface area contributed by atoms with E-state index in [0.29, 0.717) is 21.1 Å². The Balaban J connectivity index is 6.47. The molecule has 0 aromatic heterocycles. The van der Waals surface area contributed by atoms with Crippen molar-refractivity contribution in [2.75, 3.05) is 27.7 Å². The fourth-order valence-electron chi connectivity index (χ4n) is 1.69. The predicted molar refractivity (Wildman–Crippen MR) is 58.6 cm³/mol. The second-order valence-corrected chi connectivity index (χ2v) is 6.52. The van der Waals surface area contributed by atoms with Crippen LogP contribution in [0.5, 0.6) is 0 Å². The molecule has 0 N–H and O–H groups in total. The van der Waals surface area contributed by atoms with E-state index >= 15 is 0 Å². The van der Waals surface area contributed by atoms with Gasteiger partial charge in [-0.3, -0.25) is 0 Å². The quantitative estimate of drug-likeness (QED) is 0.382. The molecule has 0 aromatic rings. The van der Waals surface area contributed by atoms with Gasteiger partial charge in [0.25, 0.3) is 0 Å². The molecule has 0 aliphatic rings. The van der Waals surface area contributed by atoms with Gasteiger partial charge in [-0.25, -0.2) is 0 Å². The fourth-order valence-corrected chi connectivity index (χ4v) is 1.69. The number of alkyl halides is 15. The molecule has 0 atom stereocenters. The standard InChI is InChI=1S/C11H11F15N/c1-27(2,3)4-5(12,13)6(14,15)7(16,17)8(18,19)9(20,21)10(22,23)11(24,25)26/h4H2,1-3H3/q+1. The van der Waals surface area contributed by atoms with Crippen molar-refractivity contribution >= 4 is 0 Å². The highest BCUT2D eigenvalue weighted by Gasteiger charge is 2.93. The molecule has 27 heavy (non-hydrogen) atoms. The van der Waals surface area contributed by atoms with Gasteiger partial charge >= 0.3 is 41.7 Å². The van der Waals surface area contributed by atoms with Crippen molar-refractivity contribution in [1.29, 1.82) is 0 Å². The van der Waals surface area contributed by atoms with Crippen molar-refractivity contribution in [1.82, 2.24) is 0 Å². The average Bonchev–Trinajstić information content (AvgIpc) is 2.33. The van der Waals surface area contributed by atoms with Crippen molar-refractivity contribution in [2.45, 2.75) is 41.7 Å². The summed E-state index contributed by atoms with van der Waals surface area (Å²) >= 11 is 0. The molecule has 0 aliphatic carbocycles. The van der Waals surface area contributed by atoms with Crippen molar-refractivity contribution in [2.24, 2.45) is 0 Å².